The van der Waals surface area contributed by atoms with Crippen LogP contribution in [0, 0.1) is 5.92 Å². The Balaban J connectivity index is 1.77. The molecule has 1 aliphatic heterocycles. The highest BCUT2D eigenvalue weighted by Gasteiger charge is 2.20. The summed E-state index contributed by atoms with van der Waals surface area (Å²) in [6.45, 7) is 8.19. The summed E-state index contributed by atoms with van der Waals surface area (Å²) in [6, 6.07) is 0. The minimum Gasteiger partial charge on any atom is -0.480 e. The van der Waals surface area contributed by atoms with Gasteiger partial charge in [0, 0.05) is 32.6 Å². The smallest absolute Gasteiger partial charge is 0.317 e. The molecule has 2 heterocycles. The summed E-state index contributed by atoms with van der Waals surface area (Å²) in [5, 5.41) is 12.7. The van der Waals surface area contributed by atoms with Crippen LogP contribution in [0.15, 0.2) is 4.52 Å². The van der Waals surface area contributed by atoms with Crippen molar-refractivity contribution >= 4 is 5.97 Å². The van der Waals surface area contributed by atoms with E-state index in [9.17, 15) is 4.79 Å². The minimum absolute atomic E-state index is 0.118. The Labute approximate surface area is 118 Å². The molecule has 0 saturated carbocycles. The number of rotatable bonds is 6. The molecule has 1 aromatic rings. The van der Waals surface area contributed by atoms with E-state index in [4.69, 9.17) is 9.63 Å². The highest BCUT2D eigenvalue weighted by Crippen LogP contribution is 2.09. The van der Waals surface area contributed by atoms with Gasteiger partial charge in [-0.2, -0.15) is 4.98 Å². The Morgan fingerprint density at radius 3 is 2.55 bits per heavy atom. The molecule has 2 rings (SSSR count). The van der Waals surface area contributed by atoms with Crippen LogP contribution < -0.4 is 0 Å². The van der Waals surface area contributed by atoms with E-state index >= 15 is 0 Å². The maximum atomic E-state index is 10.6. The summed E-state index contributed by atoms with van der Waals surface area (Å²) in [6.07, 6.45) is 0.829. The standard InChI is InChI=1S/C13H22N4O3/c1-10(2)7-11-14-12(20-15-11)8-16-3-5-17(6-4-16)9-13(18)19/h10H,3-9H2,1-2H3,(H,18,19). The minimum atomic E-state index is -0.770. The van der Waals surface area contributed by atoms with Gasteiger partial charge in [-0.25, -0.2) is 0 Å². The number of nitrogens with zero attached hydrogens (tertiary/aromatic N) is 4. The lowest BCUT2D eigenvalue weighted by atomic mass is 10.1. The Bertz CT molecular complexity index is 439. The summed E-state index contributed by atoms with van der Waals surface area (Å²) >= 11 is 0. The highest BCUT2D eigenvalue weighted by molar-refractivity contribution is 5.69. The summed E-state index contributed by atoms with van der Waals surface area (Å²) in [7, 11) is 0. The summed E-state index contributed by atoms with van der Waals surface area (Å²) in [5.41, 5.74) is 0. The Morgan fingerprint density at radius 1 is 1.30 bits per heavy atom. The van der Waals surface area contributed by atoms with Crippen LogP contribution in [0.25, 0.3) is 0 Å². The average molecular weight is 282 g/mol. The normalized spacial score (nSPS) is 17.8. The zero-order valence-corrected chi connectivity index (χ0v) is 12.1. The van der Waals surface area contributed by atoms with Gasteiger partial charge in [0.25, 0.3) is 0 Å². The first kappa shape index (κ1) is 14.9. The van der Waals surface area contributed by atoms with Crippen LogP contribution >= 0.6 is 0 Å². The third-order valence-corrected chi connectivity index (χ3v) is 3.28. The fraction of sp³-hybridized carbons (Fsp3) is 0.769. The number of piperazine rings is 1. The second-order valence-corrected chi connectivity index (χ2v) is 5.65. The van der Waals surface area contributed by atoms with Crippen LogP contribution in [0.4, 0.5) is 0 Å². The molecule has 1 fully saturated rings. The van der Waals surface area contributed by atoms with E-state index in [-0.39, 0.29) is 6.54 Å². The lowest BCUT2D eigenvalue weighted by Gasteiger charge is -2.32. The van der Waals surface area contributed by atoms with Gasteiger partial charge in [0.2, 0.25) is 5.89 Å². The first-order valence-electron chi connectivity index (χ1n) is 7.01. The predicted octanol–water partition coefficient (Wildman–Crippen LogP) is 0.470. The molecule has 0 radical (unpaired) electrons. The largest absolute Gasteiger partial charge is 0.480 e. The average Bonchev–Trinajstić information content (AvgIpc) is 2.77. The molecule has 20 heavy (non-hydrogen) atoms. The molecule has 1 N–H and O–H groups in total. The van der Waals surface area contributed by atoms with Crippen molar-refractivity contribution in [1.82, 2.24) is 19.9 Å². The van der Waals surface area contributed by atoms with Crippen LogP contribution in [-0.4, -0.2) is 63.7 Å². The van der Waals surface area contributed by atoms with Gasteiger partial charge in [-0.1, -0.05) is 19.0 Å². The molecule has 0 spiro atoms. The van der Waals surface area contributed by atoms with E-state index < -0.39 is 5.97 Å². The van der Waals surface area contributed by atoms with Crippen molar-refractivity contribution in [3.05, 3.63) is 11.7 Å². The molecular formula is C13H22N4O3. The molecule has 1 aromatic heterocycles. The van der Waals surface area contributed by atoms with E-state index in [2.05, 4.69) is 28.9 Å². The molecule has 0 aromatic carbocycles. The maximum Gasteiger partial charge on any atom is 0.317 e. The first-order valence-corrected chi connectivity index (χ1v) is 7.01. The van der Waals surface area contributed by atoms with Gasteiger partial charge in [-0.05, 0) is 5.92 Å². The third-order valence-electron chi connectivity index (χ3n) is 3.28. The topological polar surface area (TPSA) is 82.7 Å². The lowest BCUT2D eigenvalue weighted by molar-refractivity contribution is -0.138. The fourth-order valence-corrected chi connectivity index (χ4v) is 2.29. The van der Waals surface area contributed by atoms with Crippen molar-refractivity contribution in [2.75, 3.05) is 32.7 Å². The molecule has 1 saturated heterocycles. The quantitative estimate of drug-likeness (QED) is 0.812. The van der Waals surface area contributed by atoms with Crippen molar-refractivity contribution in [2.45, 2.75) is 26.8 Å². The Kier molecular flexibility index (Phi) is 5.08. The fourth-order valence-electron chi connectivity index (χ4n) is 2.29. The molecule has 0 amide bonds. The van der Waals surface area contributed by atoms with Crippen LogP contribution in [0.2, 0.25) is 0 Å². The number of hydrogen-bond donors (Lipinski definition) is 1. The van der Waals surface area contributed by atoms with E-state index in [0.717, 1.165) is 38.4 Å². The Morgan fingerprint density at radius 2 is 1.95 bits per heavy atom. The van der Waals surface area contributed by atoms with E-state index in [0.29, 0.717) is 18.4 Å². The zero-order valence-electron chi connectivity index (χ0n) is 12.1. The molecule has 7 heteroatoms. The van der Waals surface area contributed by atoms with Crippen molar-refractivity contribution in [3.63, 3.8) is 0 Å². The van der Waals surface area contributed by atoms with Gasteiger partial charge in [-0.15, -0.1) is 0 Å². The second kappa shape index (κ2) is 6.81. The first-order chi connectivity index (χ1) is 9.52. The number of aromatic nitrogens is 2. The van der Waals surface area contributed by atoms with Crippen LogP contribution in [-0.2, 0) is 17.8 Å². The van der Waals surface area contributed by atoms with Crippen molar-refractivity contribution in [2.24, 2.45) is 5.92 Å². The highest BCUT2D eigenvalue weighted by atomic mass is 16.5. The molecule has 0 atom stereocenters. The molecule has 112 valence electrons. The van der Waals surface area contributed by atoms with Crippen LogP contribution in [0.3, 0.4) is 0 Å². The lowest BCUT2D eigenvalue weighted by Crippen LogP contribution is -2.47. The molecule has 0 aliphatic carbocycles. The number of carbonyl (C=O) groups is 1. The monoisotopic (exact) mass is 282 g/mol. The number of hydrogen-bond acceptors (Lipinski definition) is 6. The van der Waals surface area contributed by atoms with E-state index in [1.165, 1.54) is 0 Å². The molecular weight excluding hydrogens is 260 g/mol. The summed E-state index contributed by atoms with van der Waals surface area (Å²) in [5.74, 6) is 1.15. The van der Waals surface area contributed by atoms with E-state index in [1.54, 1.807) is 0 Å². The summed E-state index contributed by atoms with van der Waals surface area (Å²) < 4.78 is 5.25. The van der Waals surface area contributed by atoms with Gasteiger partial charge in [-0.3, -0.25) is 14.6 Å². The van der Waals surface area contributed by atoms with Crippen molar-refractivity contribution in [3.8, 4) is 0 Å². The van der Waals surface area contributed by atoms with Crippen LogP contribution in [0.1, 0.15) is 25.6 Å². The van der Waals surface area contributed by atoms with Gasteiger partial charge in [0.15, 0.2) is 5.82 Å². The van der Waals surface area contributed by atoms with Gasteiger partial charge in [0.05, 0.1) is 13.1 Å². The van der Waals surface area contributed by atoms with E-state index in [1.807, 2.05) is 4.90 Å². The van der Waals surface area contributed by atoms with Crippen LogP contribution in [0.5, 0.6) is 0 Å². The van der Waals surface area contributed by atoms with Gasteiger partial charge >= 0.3 is 5.97 Å². The molecule has 7 nitrogen and oxygen atoms in total. The zero-order chi connectivity index (χ0) is 14.5. The summed E-state index contributed by atoms with van der Waals surface area (Å²) in [4.78, 5) is 19.2. The van der Waals surface area contributed by atoms with Crippen molar-refractivity contribution < 1.29 is 14.4 Å². The van der Waals surface area contributed by atoms with Gasteiger partial charge in [0.1, 0.15) is 0 Å². The second-order valence-electron chi connectivity index (χ2n) is 5.65. The number of carboxylic acids is 1. The maximum absolute atomic E-state index is 10.6. The predicted molar refractivity (Wildman–Crippen MR) is 72.2 cm³/mol. The Hall–Kier alpha value is -1.47. The number of carboxylic acid groups (broad SMARTS) is 1. The number of aliphatic carboxylic acids is 1. The molecule has 0 unspecified atom stereocenters. The van der Waals surface area contributed by atoms with Gasteiger partial charge < -0.3 is 9.63 Å². The third kappa shape index (κ3) is 4.57. The SMILES string of the molecule is CC(C)Cc1noc(CN2CCN(CC(=O)O)CC2)n1. The molecule has 0 bridgehead atoms. The van der Waals surface area contributed by atoms with Crippen molar-refractivity contribution in [1.29, 1.82) is 0 Å². The molecule has 1 aliphatic rings.